The molecule has 0 bridgehead atoms. The number of aromatic amines is 1. The van der Waals surface area contributed by atoms with Gasteiger partial charge in [0.05, 0.1) is 10.9 Å². The van der Waals surface area contributed by atoms with Gasteiger partial charge in [0.25, 0.3) is 5.56 Å². The lowest BCUT2D eigenvalue weighted by atomic mass is 9.92. The van der Waals surface area contributed by atoms with Gasteiger partial charge in [-0.15, -0.1) is 11.3 Å². The zero-order valence-corrected chi connectivity index (χ0v) is 12.6. The van der Waals surface area contributed by atoms with E-state index in [9.17, 15) is 9.59 Å². The third-order valence-electron chi connectivity index (χ3n) is 2.99. The van der Waals surface area contributed by atoms with Crippen molar-refractivity contribution in [1.82, 2.24) is 14.9 Å². The number of thiophene rings is 1. The molecule has 0 aliphatic rings. The molecule has 0 fully saturated rings. The van der Waals surface area contributed by atoms with Gasteiger partial charge in [-0.25, -0.2) is 0 Å². The van der Waals surface area contributed by atoms with Crippen molar-refractivity contribution in [2.75, 3.05) is 7.05 Å². The number of H-pyrrole nitrogens is 1. The minimum absolute atomic E-state index is 0.125. The summed E-state index contributed by atoms with van der Waals surface area (Å²) in [7, 11) is 1.58. The largest absolute Gasteiger partial charge is 0.359 e. The van der Waals surface area contributed by atoms with E-state index in [1.807, 2.05) is 11.4 Å². The summed E-state index contributed by atoms with van der Waals surface area (Å²) in [6.07, 6.45) is 0. The van der Waals surface area contributed by atoms with Crippen LogP contribution in [0, 0.1) is 10.2 Å². The van der Waals surface area contributed by atoms with Crippen molar-refractivity contribution >= 4 is 39.7 Å². The standard InChI is InChI=1S/C12H15N3O2S2/c1-12(2,10(17)13-3)6-15-9(16)8-7(4-5-19-8)14-11(15)18/h4-5H,6H2,1-3H3,(H,13,17)(H,14,18). The van der Waals surface area contributed by atoms with E-state index in [1.54, 1.807) is 20.9 Å². The summed E-state index contributed by atoms with van der Waals surface area (Å²) in [5, 5.41) is 4.44. The van der Waals surface area contributed by atoms with Gasteiger partial charge in [0.15, 0.2) is 4.77 Å². The predicted molar refractivity (Wildman–Crippen MR) is 79.1 cm³/mol. The second kappa shape index (κ2) is 4.90. The molecule has 0 saturated carbocycles. The molecule has 102 valence electrons. The van der Waals surface area contributed by atoms with Crippen LogP contribution < -0.4 is 10.9 Å². The maximum atomic E-state index is 12.4. The van der Waals surface area contributed by atoms with Crippen LogP contribution in [-0.2, 0) is 11.3 Å². The van der Waals surface area contributed by atoms with Crippen LogP contribution in [0.2, 0.25) is 0 Å². The molecule has 0 saturated heterocycles. The number of carbonyl (C=O) groups excluding carboxylic acids is 1. The number of hydrogen-bond donors (Lipinski definition) is 2. The molecular weight excluding hydrogens is 282 g/mol. The van der Waals surface area contributed by atoms with Crippen molar-refractivity contribution < 1.29 is 4.79 Å². The lowest BCUT2D eigenvalue weighted by Crippen LogP contribution is -2.40. The molecule has 2 N–H and O–H groups in total. The lowest BCUT2D eigenvalue weighted by Gasteiger charge is -2.23. The average Bonchev–Trinajstić information content (AvgIpc) is 2.81. The molecule has 2 aromatic rings. The maximum absolute atomic E-state index is 12.4. The van der Waals surface area contributed by atoms with Gasteiger partial charge in [-0.1, -0.05) is 0 Å². The fourth-order valence-corrected chi connectivity index (χ4v) is 2.97. The second-order valence-electron chi connectivity index (χ2n) is 4.95. The van der Waals surface area contributed by atoms with Crippen molar-refractivity contribution in [3.63, 3.8) is 0 Å². The van der Waals surface area contributed by atoms with Crippen molar-refractivity contribution in [2.24, 2.45) is 5.41 Å². The highest BCUT2D eigenvalue weighted by atomic mass is 32.1. The van der Waals surface area contributed by atoms with E-state index in [1.165, 1.54) is 15.9 Å². The number of carbonyl (C=O) groups is 1. The Morgan fingerprint density at radius 1 is 1.58 bits per heavy atom. The van der Waals surface area contributed by atoms with Crippen LogP contribution in [0.5, 0.6) is 0 Å². The van der Waals surface area contributed by atoms with Gasteiger partial charge >= 0.3 is 0 Å². The molecule has 0 unspecified atom stereocenters. The monoisotopic (exact) mass is 297 g/mol. The van der Waals surface area contributed by atoms with E-state index >= 15 is 0 Å². The van der Waals surface area contributed by atoms with E-state index in [2.05, 4.69) is 10.3 Å². The minimum Gasteiger partial charge on any atom is -0.359 e. The van der Waals surface area contributed by atoms with Crippen LogP contribution in [0.15, 0.2) is 16.2 Å². The normalized spacial score (nSPS) is 11.7. The number of hydrogen-bond acceptors (Lipinski definition) is 4. The fraction of sp³-hybridized carbons (Fsp3) is 0.417. The maximum Gasteiger partial charge on any atom is 0.272 e. The highest BCUT2D eigenvalue weighted by Gasteiger charge is 2.28. The molecule has 2 aromatic heterocycles. The number of nitrogens with zero attached hydrogens (tertiary/aromatic N) is 1. The minimum atomic E-state index is -0.703. The molecule has 1 amide bonds. The molecule has 19 heavy (non-hydrogen) atoms. The first-order valence-electron chi connectivity index (χ1n) is 5.79. The molecule has 0 aliphatic carbocycles. The third kappa shape index (κ3) is 2.48. The van der Waals surface area contributed by atoms with Gasteiger partial charge in [-0.05, 0) is 37.5 Å². The molecule has 2 rings (SSSR count). The van der Waals surface area contributed by atoms with Crippen LogP contribution in [0.1, 0.15) is 13.8 Å². The van der Waals surface area contributed by atoms with Crippen LogP contribution >= 0.6 is 23.6 Å². The van der Waals surface area contributed by atoms with Crippen LogP contribution in [-0.4, -0.2) is 22.5 Å². The van der Waals surface area contributed by atoms with Gasteiger partial charge in [0.1, 0.15) is 4.70 Å². The Balaban J connectivity index is 2.55. The summed E-state index contributed by atoms with van der Waals surface area (Å²) < 4.78 is 2.41. The Bertz CT molecular complexity index is 739. The smallest absolute Gasteiger partial charge is 0.272 e. The Morgan fingerprint density at radius 2 is 2.26 bits per heavy atom. The van der Waals surface area contributed by atoms with Gasteiger partial charge in [-0.2, -0.15) is 0 Å². The molecule has 0 aromatic carbocycles. The van der Waals surface area contributed by atoms with E-state index in [4.69, 9.17) is 12.2 Å². The van der Waals surface area contributed by atoms with Crippen LogP contribution in [0.3, 0.4) is 0 Å². The fourth-order valence-electron chi connectivity index (χ4n) is 1.92. The second-order valence-corrected chi connectivity index (χ2v) is 6.25. The van der Waals surface area contributed by atoms with Crippen molar-refractivity contribution in [3.05, 3.63) is 26.6 Å². The number of amides is 1. The molecule has 0 spiro atoms. The Labute approximate surface area is 119 Å². The van der Waals surface area contributed by atoms with E-state index in [0.717, 1.165) is 5.52 Å². The van der Waals surface area contributed by atoms with Gasteiger partial charge in [0, 0.05) is 13.6 Å². The molecule has 0 aliphatic heterocycles. The molecule has 0 radical (unpaired) electrons. The van der Waals surface area contributed by atoms with Crippen molar-refractivity contribution in [1.29, 1.82) is 0 Å². The van der Waals surface area contributed by atoms with E-state index in [0.29, 0.717) is 9.47 Å². The Morgan fingerprint density at radius 3 is 2.89 bits per heavy atom. The number of aromatic nitrogens is 2. The topological polar surface area (TPSA) is 66.9 Å². The lowest BCUT2D eigenvalue weighted by molar-refractivity contribution is -0.129. The first kappa shape index (κ1) is 14.0. The van der Waals surface area contributed by atoms with Gasteiger partial charge in [-0.3, -0.25) is 14.2 Å². The summed E-state index contributed by atoms with van der Waals surface area (Å²) in [6, 6.07) is 1.82. The van der Waals surface area contributed by atoms with Gasteiger partial charge < -0.3 is 10.3 Å². The average molecular weight is 297 g/mol. The molecule has 0 atom stereocenters. The summed E-state index contributed by atoms with van der Waals surface area (Å²) in [5.41, 5.74) is -0.106. The molecule has 5 nitrogen and oxygen atoms in total. The highest BCUT2D eigenvalue weighted by molar-refractivity contribution is 7.71. The summed E-state index contributed by atoms with van der Waals surface area (Å²) in [4.78, 5) is 27.2. The van der Waals surface area contributed by atoms with E-state index < -0.39 is 5.41 Å². The quantitative estimate of drug-likeness (QED) is 0.850. The van der Waals surface area contributed by atoms with Crippen LogP contribution in [0.25, 0.3) is 10.2 Å². The number of nitrogens with one attached hydrogen (secondary N) is 2. The highest BCUT2D eigenvalue weighted by Crippen LogP contribution is 2.19. The molecule has 2 heterocycles. The molecule has 7 heteroatoms. The zero-order valence-electron chi connectivity index (χ0n) is 10.9. The summed E-state index contributed by atoms with van der Waals surface area (Å²) >= 11 is 6.57. The Kier molecular flexibility index (Phi) is 3.60. The van der Waals surface area contributed by atoms with E-state index in [-0.39, 0.29) is 18.0 Å². The van der Waals surface area contributed by atoms with Crippen molar-refractivity contribution in [2.45, 2.75) is 20.4 Å². The molecular formula is C12H15N3O2S2. The zero-order chi connectivity index (χ0) is 14.2. The summed E-state index contributed by atoms with van der Waals surface area (Å²) in [6.45, 7) is 3.81. The van der Waals surface area contributed by atoms with Crippen molar-refractivity contribution in [3.8, 4) is 0 Å². The predicted octanol–water partition coefficient (Wildman–Crippen LogP) is 1.89. The van der Waals surface area contributed by atoms with Gasteiger partial charge in [0.2, 0.25) is 5.91 Å². The Hall–Kier alpha value is -1.47. The summed E-state index contributed by atoms with van der Waals surface area (Å²) in [5.74, 6) is -0.125. The number of fused-ring (bicyclic) bond motifs is 1. The number of rotatable bonds is 3. The van der Waals surface area contributed by atoms with Crippen LogP contribution in [0.4, 0.5) is 0 Å². The third-order valence-corrected chi connectivity index (χ3v) is 4.21. The first-order chi connectivity index (χ1) is 8.86. The SMILES string of the molecule is CNC(=O)C(C)(C)Cn1c(=S)[nH]c2ccsc2c1=O. The first-order valence-corrected chi connectivity index (χ1v) is 7.08.